The monoisotopic (exact) mass is 534 g/mol. The summed E-state index contributed by atoms with van der Waals surface area (Å²) < 4.78 is 0. The largest absolute Gasteiger partial charge is 0.256 e. The van der Waals surface area contributed by atoms with Crippen molar-refractivity contribution in [2.45, 2.75) is 0 Å². The minimum absolute atomic E-state index is 0.606. The Labute approximate surface area is 240 Å². The highest BCUT2D eigenvalue weighted by molar-refractivity contribution is 6.26. The molecule has 0 N–H and O–H groups in total. The maximum atomic E-state index is 5.08. The average molecular weight is 535 g/mol. The van der Waals surface area contributed by atoms with E-state index in [1.54, 1.807) is 0 Å². The van der Waals surface area contributed by atoms with Crippen LogP contribution in [0.2, 0.25) is 0 Å². The van der Waals surface area contributed by atoms with Gasteiger partial charge in [0.05, 0.1) is 5.52 Å². The van der Waals surface area contributed by atoms with E-state index in [4.69, 9.17) is 4.98 Å². The summed E-state index contributed by atoms with van der Waals surface area (Å²) in [6, 6.07) is 44.8. The lowest BCUT2D eigenvalue weighted by atomic mass is 9.92. The molecule has 0 bridgehead atoms. The zero-order valence-electron chi connectivity index (χ0n) is 22.5. The third-order valence-corrected chi connectivity index (χ3v) is 8.39. The summed E-state index contributed by atoms with van der Waals surface area (Å²) in [5, 5.41) is 20.0. The topological polar surface area (TPSA) is 51.6 Å². The molecule has 194 valence electrons. The van der Waals surface area contributed by atoms with E-state index in [1.165, 1.54) is 32.3 Å². The molecule has 9 rings (SSSR count). The van der Waals surface area contributed by atoms with Gasteiger partial charge in [0.15, 0.2) is 5.82 Å². The molecule has 4 nitrogen and oxygen atoms in total. The summed E-state index contributed by atoms with van der Waals surface area (Å²) in [6.07, 6.45) is 1.82. The first-order valence-electron chi connectivity index (χ1n) is 14.1. The number of fused-ring (bicyclic) bond motifs is 12. The van der Waals surface area contributed by atoms with Crippen molar-refractivity contribution in [2.24, 2.45) is 0 Å². The van der Waals surface area contributed by atoms with E-state index < -0.39 is 0 Å². The van der Waals surface area contributed by atoms with Gasteiger partial charge in [0, 0.05) is 27.9 Å². The van der Waals surface area contributed by atoms with Crippen LogP contribution in [-0.4, -0.2) is 20.2 Å². The first kappa shape index (κ1) is 23.0. The van der Waals surface area contributed by atoms with E-state index >= 15 is 0 Å². The van der Waals surface area contributed by atoms with Crippen LogP contribution >= 0.6 is 0 Å². The number of pyridine rings is 1. The van der Waals surface area contributed by atoms with Crippen LogP contribution in [0.3, 0.4) is 0 Å². The lowest BCUT2D eigenvalue weighted by Gasteiger charge is -2.12. The van der Waals surface area contributed by atoms with Crippen LogP contribution < -0.4 is 0 Å². The highest BCUT2D eigenvalue weighted by Gasteiger charge is 2.15. The van der Waals surface area contributed by atoms with Crippen molar-refractivity contribution in [3.05, 3.63) is 134 Å². The van der Waals surface area contributed by atoms with Gasteiger partial charge in [0.2, 0.25) is 0 Å². The Morgan fingerprint density at radius 1 is 0.333 bits per heavy atom. The van der Waals surface area contributed by atoms with Gasteiger partial charge < -0.3 is 0 Å². The van der Waals surface area contributed by atoms with Gasteiger partial charge in [-0.3, -0.25) is 4.98 Å². The van der Waals surface area contributed by atoms with Crippen LogP contribution in [0.1, 0.15) is 0 Å². The van der Waals surface area contributed by atoms with Crippen molar-refractivity contribution in [3.8, 4) is 22.5 Å². The third-order valence-electron chi connectivity index (χ3n) is 8.39. The molecule has 0 atom stereocenters. The van der Waals surface area contributed by atoms with Gasteiger partial charge in [-0.1, -0.05) is 103 Å². The predicted octanol–water partition coefficient (Wildman–Crippen LogP) is 9.52. The Bertz CT molecular complexity index is 2290. The van der Waals surface area contributed by atoms with Gasteiger partial charge in [-0.05, 0) is 67.7 Å². The third kappa shape index (κ3) is 3.36. The lowest BCUT2D eigenvalue weighted by Crippen LogP contribution is -1.97. The summed E-state index contributed by atoms with van der Waals surface area (Å²) in [5.41, 5.74) is 5.73. The molecule has 0 aliphatic rings. The van der Waals surface area contributed by atoms with Gasteiger partial charge in [-0.2, -0.15) is 0 Å². The first-order valence-corrected chi connectivity index (χ1v) is 14.1. The maximum absolute atomic E-state index is 5.08. The molecule has 42 heavy (non-hydrogen) atoms. The summed E-state index contributed by atoms with van der Waals surface area (Å²) in [7, 11) is 0. The van der Waals surface area contributed by atoms with Crippen molar-refractivity contribution < 1.29 is 0 Å². The number of nitrogens with zero attached hydrogens (tertiary/aromatic N) is 4. The fourth-order valence-corrected chi connectivity index (χ4v) is 6.45. The summed E-state index contributed by atoms with van der Waals surface area (Å²) >= 11 is 0. The molecule has 0 fully saturated rings. The van der Waals surface area contributed by atoms with Crippen molar-refractivity contribution in [1.82, 2.24) is 20.2 Å². The summed E-state index contributed by atoms with van der Waals surface area (Å²) in [4.78, 5) is 9.73. The van der Waals surface area contributed by atoms with Crippen molar-refractivity contribution >= 4 is 65.0 Å². The number of hydrogen-bond donors (Lipinski definition) is 0. The van der Waals surface area contributed by atoms with E-state index in [0.717, 1.165) is 49.4 Å². The van der Waals surface area contributed by atoms with Crippen LogP contribution in [0.5, 0.6) is 0 Å². The molecule has 2 heterocycles. The molecule has 0 amide bonds. The summed E-state index contributed by atoms with van der Waals surface area (Å²) in [5.74, 6) is 0.606. The quantitative estimate of drug-likeness (QED) is 0.207. The van der Waals surface area contributed by atoms with Gasteiger partial charge in [0.1, 0.15) is 11.0 Å². The molecule has 4 heteroatoms. The van der Waals surface area contributed by atoms with E-state index in [2.05, 4.69) is 118 Å². The van der Waals surface area contributed by atoms with Crippen LogP contribution in [-0.2, 0) is 0 Å². The van der Waals surface area contributed by atoms with Crippen LogP contribution in [0, 0.1) is 0 Å². The molecular weight excluding hydrogens is 512 g/mol. The Kier molecular flexibility index (Phi) is 4.87. The SMILES string of the molecule is c1cc(-c2ccc3c4ccccc4c4ccccc4c3c2)cc(-c2nnc3c4cccnc4c4ccccc4c3n2)c1. The molecule has 0 aliphatic heterocycles. The fraction of sp³-hybridized carbons (Fsp3) is 0. The molecule has 0 saturated carbocycles. The van der Waals surface area contributed by atoms with Crippen LogP contribution in [0.4, 0.5) is 0 Å². The minimum atomic E-state index is 0.606. The van der Waals surface area contributed by atoms with Gasteiger partial charge in [-0.25, -0.2) is 4.98 Å². The first-order chi connectivity index (χ1) is 20.8. The lowest BCUT2D eigenvalue weighted by molar-refractivity contribution is 1.04. The molecule has 9 aromatic rings. The second-order valence-corrected chi connectivity index (χ2v) is 10.7. The fourth-order valence-electron chi connectivity index (χ4n) is 6.45. The molecule has 0 saturated heterocycles. The Morgan fingerprint density at radius 2 is 0.905 bits per heavy atom. The Hall–Kier alpha value is -5.74. The second kappa shape index (κ2) is 8.88. The second-order valence-electron chi connectivity index (χ2n) is 10.7. The molecule has 7 aromatic carbocycles. The molecular formula is C38H22N4. The number of aromatic nitrogens is 4. The Morgan fingerprint density at radius 3 is 1.64 bits per heavy atom. The van der Waals surface area contributed by atoms with E-state index in [1.807, 2.05) is 30.5 Å². The van der Waals surface area contributed by atoms with E-state index in [-0.39, 0.29) is 0 Å². The zero-order chi connectivity index (χ0) is 27.6. The number of benzene rings is 7. The average Bonchev–Trinajstić information content (AvgIpc) is 3.08. The molecule has 0 unspecified atom stereocenters. The van der Waals surface area contributed by atoms with Gasteiger partial charge >= 0.3 is 0 Å². The summed E-state index contributed by atoms with van der Waals surface area (Å²) in [6.45, 7) is 0. The number of rotatable bonds is 2. The predicted molar refractivity (Wildman–Crippen MR) is 174 cm³/mol. The molecule has 0 radical (unpaired) electrons. The molecule has 2 aromatic heterocycles. The Balaban J connectivity index is 1.23. The molecule has 0 aliphatic carbocycles. The van der Waals surface area contributed by atoms with E-state index in [0.29, 0.717) is 5.82 Å². The number of hydrogen-bond acceptors (Lipinski definition) is 4. The minimum Gasteiger partial charge on any atom is -0.256 e. The standard InChI is InChI=1S/C38H22N4/c1-2-13-28-26(11-1)27-12-3-4-14-29(27)34-22-24(18-19-30(28)34)23-9-7-10-25(21-23)38-40-36-32-16-6-5-15-31(32)35-33(17-8-20-39-35)37(36)41-42-38/h1-22H. The van der Waals surface area contributed by atoms with Crippen molar-refractivity contribution in [3.63, 3.8) is 0 Å². The normalized spacial score (nSPS) is 11.8. The van der Waals surface area contributed by atoms with Gasteiger partial charge in [-0.15, -0.1) is 10.2 Å². The highest BCUT2D eigenvalue weighted by atomic mass is 15.2. The zero-order valence-corrected chi connectivity index (χ0v) is 22.5. The molecule has 0 spiro atoms. The van der Waals surface area contributed by atoms with E-state index in [9.17, 15) is 0 Å². The van der Waals surface area contributed by atoms with Crippen molar-refractivity contribution in [2.75, 3.05) is 0 Å². The van der Waals surface area contributed by atoms with Crippen LogP contribution in [0.25, 0.3) is 87.5 Å². The smallest absolute Gasteiger partial charge is 0.182 e. The van der Waals surface area contributed by atoms with Gasteiger partial charge in [0.25, 0.3) is 0 Å². The maximum Gasteiger partial charge on any atom is 0.182 e. The highest BCUT2D eigenvalue weighted by Crippen LogP contribution is 2.38. The van der Waals surface area contributed by atoms with Crippen molar-refractivity contribution in [1.29, 1.82) is 0 Å². The van der Waals surface area contributed by atoms with Crippen LogP contribution in [0.15, 0.2) is 134 Å².